The molecular weight excluding hydrogens is 407 g/mol. The highest BCUT2D eigenvalue weighted by Crippen LogP contribution is 2.29. The van der Waals surface area contributed by atoms with E-state index in [2.05, 4.69) is 10.3 Å². The lowest BCUT2D eigenvalue weighted by atomic mass is 10.1. The van der Waals surface area contributed by atoms with Gasteiger partial charge in [0.1, 0.15) is 23.9 Å². The third kappa shape index (κ3) is 4.95. The van der Waals surface area contributed by atoms with Gasteiger partial charge < -0.3 is 19.5 Å². The predicted molar refractivity (Wildman–Crippen MR) is 110 cm³/mol. The van der Waals surface area contributed by atoms with Crippen LogP contribution in [0.1, 0.15) is 32.2 Å². The zero-order valence-electron chi connectivity index (χ0n) is 16.4. The van der Waals surface area contributed by atoms with Crippen LogP contribution >= 0.6 is 11.3 Å². The molecule has 8 heteroatoms. The van der Waals surface area contributed by atoms with Gasteiger partial charge in [-0.05, 0) is 49.2 Å². The second-order valence-corrected chi connectivity index (χ2v) is 7.91. The Morgan fingerprint density at radius 2 is 2.23 bits per heavy atom. The van der Waals surface area contributed by atoms with E-state index in [1.807, 2.05) is 12.3 Å². The van der Waals surface area contributed by atoms with Crippen LogP contribution in [0.5, 0.6) is 11.5 Å². The Kier molecular flexibility index (Phi) is 6.25. The van der Waals surface area contributed by atoms with Gasteiger partial charge >= 0.3 is 0 Å². The minimum absolute atomic E-state index is 0.144. The number of halogens is 1. The predicted octanol–water partition coefficient (Wildman–Crippen LogP) is 4.01. The van der Waals surface area contributed by atoms with Crippen molar-refractivity contribution in [2.45, 2.75) is 26.6 Å². The fourth-order valence-electron chi connectivity index (χ4n) is 3.21. The average Bonchev–Trinajstić information content (AvgIpc) is 3.17. The van der Waals surface area contributed by atoms with Crippen LogP contribution in [0.25, 0.3) is 0 Å². The summed E-state index contributed by atoms with van der Waals surface area (Å²) in [4.78, 5) is 16.9. The van der Waals surface area contributed by atoms with Gasteiger partial charge in [0.25, 0.3) is 5.91 Å². The summed E-state index contributed by atoms with van der Waals surface area (Å²) in [6.45, 7) is 3.11. The summed E-state index contributed by atoms with van der Waals surface area (Å²) in [5.74, 6) is 0.675. The molecule has 1 N–H and O–H groups in total. The zero-order chi connectivity index (χ0) is 20.9. The van der Waals surface area contributed by atoms with Crippen LogP contribution in [0.3, 0.4) is 0 Å². The minimum atomic E-state index is -0.343. The third-order valence-electron chi connectivity index (χ3n) is 4.58. The van der Waals surface area contributed by atoms with Crippen molar-refractivity contribution in [2.75, 3.05) is 13.3 Å². The van der Waals surface area contributed by atoms with Crippen molar-refractivity contribution in [1.82, 2.24) is 10.3 Å². The van der Waals surface area contributed by atoms with Crippen LogP contribution in [-0.2, 0) is 24.4 Å². The quantitative estimate of drug-likeness (QED) is 0.616. The first-order valence-electron chi connectivity index (χ1n) is 9.52. The molecule has 156 valence electrons. The van der Waals surface area contributed by atoms with Gasteiger partial charge in [0.05, 0.1) is 17.3 Å². The molecular formula is C22H21FN2O4S. The second kappa shape index (κ2) is 9.23. The summed E-state index contributed by atoms with van der Waals surface area (Å²) in [5, 5.41) is 5.80. The van der Waals surface area contributed by atoms with Crippen molar-refractivity contribution >= 4 is 17.2 Å². The molecule has 0 aliphatic carbocycles. The molecule has 3 aromatic rings. The molecule has 2 heterocycles. The van der Waals surface area contributed by atoms with E-state index in [4.69, 9.17) is 14.2 Å². The number of aryl methyl sites for hydroxylation is 1. The molecule has 6 nitrogen and oxygen atoms in total. The molecule has 0 unspecified atom stereocenters. The molecule has 1 amide bonds. The highest BCUT2D eigenvalue weighted by molar-refractivity contribution is 7.09. The van der Waals surface area contributed by atoms with E-state index < -0.39 is 0 Å². The number of benzene rings is 2. The number of nitrogens with zero attached hydrogens (tertiary/aromatic N) is 1. The monoisotopic (exact) mass is 428 g/mol. The van der Waals surface area contributed by atoms with E-state index in [-0.39, 0.29) is 18.5 Å². The maximum absolute atomic E-state index is 13.8. The van der Waals surface area contributed by atoms with Gasteiger partial charge in [-0.1, -0.05) is 6.07 Å². The first-order chi connectivity index (χ1) is 14.6. The molecule has 0 saturated carbocycles. The van der Waals surface area contributed by atoms with E-state index in [0.29, 0.717) is 54.4 Å². The molecule has 1 aliphatic heterocycles. The maximum Gasteiger partial charge on any atom is 0.251 e. The van der Waals surface area contributed by atoms with Gasteiger partial charge in [-0.3, -0.25) is 4.79 Å². The molecule has 0 spiro atoms. The van der Waals surface area contributed by atoms with Gasteiger partial charge in [0.15, 0.2) is 6.79 Å². The van der Waals surface area contributed by atoms with Crippen molar-refractivity contribution < 1.29 is 23.4 Å². The Bertz CT molecular complexity index is 1050. The number of hydrogen-bond donors (Lipinski definition) is 1. The first kappa shape index (κ1) is 20.3. The normalized spacial score (nSPS) is 12.7. The third-order valence-corrected chi connectivity index (χ3v) is 5.40. The summed E-state index contributed by atoms with van der Waals surface area (Å²) >= 11 is 1.57. The zero-order valence-corrected chi connectivity index (χ0v) is 17.3. The largest absolute Gasteiger partial charge is 0.487 e. The Labute approximate surface area is 177 Å². The molecule has 1 aliphatic rings. The number of aromatic nitrogens is 1. The first-order valence-corrected chi connectivity index (χ1v) is 10.4. The Morgan fingerprint density at radius 1 is 1.33 bits per heavy atom. The van der Waals surface area contributed by atoms with Crippen molar-refractivity contribution in [3.05, 3.63) is 75.0 Å². The smallest absolute Gasteiger partial charge is 0.251 e. The SMILES string of the molecule is Cc1nc(COc2cccc(C(=O)NCCc3cc(F)cc4c3OCOC4)c2)cs1. The Morgan fingerprint density at radius 3 is 3.07 bits per heavy atom. The molecule has 30 heavy (non-hydrogen) atoms. The highest BCUT2D eigenvalue weighted by Gasteiger charge is 2.17. The van der Waals surface area contributed by atoms with Crippen LogP contribution < -0.4 is 14.8 Å². The van der Waals surface area contributed by atoms with Crippen LogP contribution in [-0.4, -0.2) is 24.2 Å². The summed E-state index contributed by atoms with van der Waals surface area (Å²) in [5.41, 5.74) is 2.75. The van der Waals surface area contributed by atoms with E-state index >= 15 is 0 Å². The molecule has 1 aromatic heterocycles. The van der Waals surface area contributed by atoms with Gasteiger partial charge in [0.2, 0.25) is 0 Å². The second-order valence-electron chi connectivity index (χ2n) is 6.84. The van der Waals surface area contributed by atoms with Crippen LogP contribution in [0.2, 0.25) is 0 Å². The number of rotatable bonds is 7. The fraction of sp³-hybridized carbons (Fsp3) is 0.273. The molecule has 2 aromatic carbocycles. The molecule has 0 fully saturated rings. The number of hydrogen-bond acceptors (Lipinski definition) is 6. The van der Waals surface area contributed by atoms with E-state index in [1.165, 1.54) is 12.1 Å². The molecule has 0 atom stereocenters. The van der Waals surface area contributed by atoms with Gasteiger partial charge in [-0.25, -0.2) is 9.37 Å². The van der Waals surface area contributed by atoms with Gasteiger partial charge in [0, 0.05) is 23.1 Å². The number of carbonyl (C=O) groups is 1. The fourth-order valence-corrected chi connectivity index (χ4v) is 3.81. The molecule has 0 radical (unpaired) electrons. The van der Waals surface area contributed by atoms with E-state index in [1.54, 1.807) is 35.6 Å². The van der Waals surface area contributed by atoms with Crippen molar-refractivity contribution in [3.63, 3.8) is 0 Å². The van der Waals surface area contributed by atoms with Gasteiger partial charge in [-0.15, -0.1) is 11.3 Å². The Hall–Kier alpha value is -2.97. The number of ether oxygens (including phenoxy) is 3. The topological polar surface area (TPSA) is 69.7 Å². The standard InChI is InChI=1S/C22H21FN2O4S/c1-14-25-19(12-30-14)11-28-20-4-2-3-16(9-20)22(26)24-6-5-15-7-18(23)8-17-10-27-13-29-21(15)17/h2-4,7-9,12H,5-6,10-11,13H2,1H3,(H,24,26). The van der Waals surface area contributed by atoms with Crippen LogP contribution in [0.4, 0.5) is 4.39 Å². The Balaban J connectivity index is 1.34. The molecule has 4 rings (SSSR count). The van der Waals surface area contributed by atoms with Crippen molar-refractivity contribution in [2.24, 2.45) is 0 Å². The minimum Gasteiger partial charge on any atom is -0.487 e. The lowest BCUT2D eigenvalue weighted by Crippen LogP contribution is -2.26. The number of nitrogens with one attached hydrogen (secondary N) is 1. The van der Waals surface area contributed by atoms with E-state index in [9.17, 15) is 9.18 Å². The summed E-state index contributed by atoms with van der Waals surface area (Å²) in [6, 6.07) is 9.83. The number of carbonyl (C=O) groups excluding carboxylic acids is 1. The van der Waals surface area contributed by atoms with Crippen molar-refractivity contribution in [1.29, 1.82) is 0 Å². The van der Waals surface area contributed by atoms with Crippen LogP contribution in [0.15, 0.2) is 41.8 Å². The number of amides is 1. The lowest BCUT2D eigenvalue weighted by Gasteiger charge is -2.21. The summed E-state index contributed by atoms with van der Waals surface area (Å²) < 4.78 is 30.3. The van der Waals surface area contributed by atoms with Gasteiger partial charge in [-0.2, -0.15) is 0 Å². The number of fused-ring (bicyclic) bond motifs is 1. The lowest BCUT2D eigenvalue weighted by molar-refractivity contribution is -0.0172. The number of thiazole rings is 1. The summed E-state index contributed by atoms with van der Waals surface area (Å²) in [6.07, 6.45) is 0.450. The summed E-state index contributed by atoms with van der Waals surface area (Å²) in [7, 11) is 0. The van der Waals surface area contributed by atoms with Crippen LogP contribution in [0, 0.1) is 12.7 Å². The molecule has 0 saturated heterocycles. The highest BCUT2D eigenvalue weighted by atomic mass is 32.1. The van der Waals surface area contributed by atoms with E-state index in [0.717, 1.165) is 10.7 Å². The molecule has 0 bridgehead atoms. The maximum atomic E-state index is 13.8. The average molecular weight is 428 g/mol. The van der Waals surface area contributed by atoms with Crippen molar-refractivity contribution in [3.8, 4) is 11.5 Å².